The topological polar surface area (TPSA) is 79.4 Å². The maximum Gasteiger partial charge on any atom is 0.261 e. The molecule has 16 heavy (non-hydrogen) atoms. The van der Waals surface area contributed by atoms with Crippen LogP contribution in [0.3, 0.4) is 0 Å². The highest BCUT2D eigenvalue weighted by atomic mass is 16.5. The van der Waals surface area contributed by atoms with E-state index in [2.05, 4.69) is 10.1 Å². The smallest absolute Gasteiger partial charge is 0.261 e. The Morgan fingerprint density at radius 2 is 2.06 bits per heavy atom. The summed E-state index contributed by atoms with van der Waals surface area (Å²) in [4.78, 5) is 4.20. The molecular formula is C11H10N2O3. The van der Waals surface area contributed by atoms with Gasteiger partial charge in [0.05, 0.1) is 5.56 Å². The van der Waals surface area contributed by atoms with Crippen LogP contribution < -0.4 is 0 Å². The van der Waals surface area contributed by atoms with Gasteiger partial charge in [-0.05, 0) is 31.0 Å². The van der Waals surface area contributed by atoms with Crippen LogP contribution in [-0.4, -0.2) is 20.4 Å². The van der Waals surface area contributed by atoms with E-state index in [1.807, 2.05) is 0 Å². The van der Waals surface area contributed by atoms with Crippen molar-refractivity contribution in [2.24, 2.45) is 0 Å². The zero-order valence-corrected chi connectivity index (χ0v) is 8.42. The highest BCUT2D eigenvalue weighted by Crippen LogP contribution is 2.39. The number of rotatable bonds is 2. The second-order valence-corrected chi connectivity index (χ2v) is 3.93. The Bertz CT molecular complexity index is 532. The van der Waals surface area contributed by atoms with Crippen LogP contribution in [0.4, 0.5) is 0 Å². The number of phenolic OH excluding ortho intramolecular Hbond substituents is 2. The lowest BCUT2D eigenvalue weighted by Crippen LogP contribution is -1.82. The van der Waals surface area contributed by atoms with Gasteiger partial charge in [0.2, 0.25) is 0 Å². The number of aromatic hydroxyl groups is 2. The van der Waals surface area contributed by atoms with Gasteiger partial charge in [0.15, 0.2) is 5.82 Å². The standard InChI is InChI=1S/C11H10N2O3/c14-7-3-4-9(15)8(5-7)11-12-10(13-16-11)6-1-2-6/h3-6,14-15H,1-2H2. The molecule has 2 aromatic rings. The lowest BCUT2D eigenvalue weighted by atomic mass is 10.2. The quantitative estimate of drug-likeness (QED) is 0.754. The van der Waals surface area contributed by atoms with Crippen molar-refractivity contribution >= 4 is 0 Å². The zero-order chi connectivity index (χ0) is 11.1. The summed E-state index contributed by atoms with van der Waals surface area (Å²) in [5, 5.41) is 22.8. The zero-order valence-electron chi connectivity index (χ0n) is 8.42. The molecule has 1 fully saturated rings. The normalized spacial score (nSPS) is 15.2. The van der Waals surface area contributed by atoms with Crippen LogP contribution in [0.15, 0.2) is 22.7 Å². The molecule has 1 heterocycles. The largest absolute Gasteiger partial charge is 0.508 e. The lowest BCUT2D eigenvalue weighted by molar-refractivity contribution is 0.416. The van der Waals surface area contributed by atoms with Gasteiger partial charge in [0, 0.05) is 5.92 Å². The van der Waals surface area contributed by atoms with Crippen LogP contribution in [0.2, 0.25) is 0 Å². The van der Waals surface area contributed by atoms with Gasteiger partial charge in [-0.2, -0.15) is 4.98 Å². The van der Waals surface area contributed by atoms with Gasteiger partial charge >= 0.3 is 0 Å². The second kappa shape index (κ2) is 3.23. The first-order chi connectivity index (χ1) is 7.74. The summed E-state index contributed by atoms with van der Waals surface area (Å²) < 4.78 is 5.06. The maximum atomic E-state index is 9.61. The first kappa shape index (κ1) is 9.21. The fourth-order valence-electron chi connectivity index (χ4n) is 1.55. The minimum Gasteiger partial charge on any atom is -0.508 e. The molecule has 0 amide bonds. The van der Waals surface area contributed by atoms with E-state index in [0.29, 0.717) is 17.3 Å². The van der Waals surface area contributed by atoms with Crippen molar-refractivity contribution < 1.29 is 14.7 Å². The number of hydrogen-bond acceptors (Lipinski definition) is 5. The average molecular weight is 218 g/mol. The van der Waals surface area contributed by atoms with E-state index >= 15 is 0 Å². The highest BCUT2D eigenvalue weighted by molar-refractivity contribution is 5.64. The van der Waals surface area contributed by atoms with Gasteiger partial charge in [-0.1, -0.05) is 5.16 Å². The number of aromatic nitrogens is 2. The van der Waals surface area contributed by atoms with E-state index in [9.17, 15) is 10.2 Å². The van der Waals surface area contributed by atoms with Crippen LogP contribution in [-0.2, 0) is 0 Å². The molecule has 0 unspecified atom stereocenters. The summed E-state index contributed by atoms with van der Waals surface area (Å²) in [5.74, 6) is 1.40. The van der Waals surface area contributed by atoms with Gasteiger partial charge in [-0.25, -0.2) is 0 Å². The summed E-state index contributed by atoms with van der Waals surface area (Å²) in [6.45, 7) is 0. The van der Waals surface area contributed by atoms with E-state index in [1.165, 1.54) is 18.2 Å². The molecule has 3 rings (SSSR count). The summed E-state index contributed by atoms with van der Waals surface area (Å²) in [6.07, 6.45) is 2.18. The molecule has 1 aromatic heterocycles. The van der Waals surface area contributed by atoms with Crippen LogP contribution in [0, 0.1) is 0 Å². The molecule has 0 radical (unpaired) electrons. The van der Waals surface area contributed by atoms with Crippen LogP contribution in [0.25, 0.3) is 11.5 Å². The van der Waals surface area contributed by atoms with Gasteiger partial charge in [-0.15, -0.1) is 0 Å². The Hall–Kier alpha value is -2.04. The van der Waals surface area contributed by atoms with Crippen molar-refractivity contribution in [1.82, 2.24) is 10.1 Å². The Labute approximate surface area is 91.4 Å². The molecule has 0 spiro atoms. The average Bonchev–Trinajstić information content (AvgIpc) is 3.01. The SMILES string of the molecule is Oc1ccc(O)c(-c2nc(C3CC3)no2)c1. The van der Waals surface area contributed by atoms with E-state index in [-0.39, 0.29) is 17.4 Å². The molecule has 5 nitrogen and oxygen atoms in total. The third kappa shape index (κ3) is 1.50. The van der Waals surface area contributed by atoms with Crippen molar-refractivity contribution in [3.63, 3.8) is 0 Å². The highest BCUT2D eigenvalue weighted by Gasteiger charge is 2.29. The molecule has 0 saturated heterocycles. The maximum absolute atomic E-state index is 9.61. The number of benzene rings is 1. The van der Waals surface area contributed by atoms with E-state index < -0.39 is 0 Å². The number of hydrogen-bond donors (Lipinski definition) is 2. The molecule has 2 N–H and O–H groups in total. The molecule has 1 aliphatic rings. The summed E-state index contributed by atoms with van der Waals surface area (Å²) in [5.41, 5.74) is 0.361. The monoisotopic (exact) mass is 218 g/mol. The summed E-state index contributed by atoms with van der Waals surface area (Å²) in [6, 6.07) is 4.20. The van der Waals surface area contributed by atoms with Gasteiger partial charge in [0.1, 0.15) is 11.5 Å². The van der Waals surface area contributed by atoms with E-state index in [4.69, 9.17) is 4.52 Å². The van der Waals surface area contributed by atoms with Crippen LogP contribution in [0.5, 0.6) is 11.5 Å². The first-order valence-corrected chi connectivity index (χ1v) is 5.10. The van der Waals surface area contributed by atoms with Crippen molar-refractivity contribution in [3.05, 3.63) is 24.0 Å². The number of nitrogens with zero attached hydrogens (tertiary/aromatic N) is 2. The summed E-state index contributed by atoms with van der Waals surface area (Å²) in [7, 11) is 0. The molecule has 0 aliphatic heterocycles. The fourth-order valence-corrected chi connectivity index (χ4v) is 1.55. The van der Waals surface area contributed by atoms with E-state index in [1.54, 1.807) is 0 Å². The van der Waals surface area contributed by atoms with Gasteiger partial charge in [-0.3, -0.25) is 0 Å². The molecule has 0 bridgehead atoms. The Morgan fingerprint density at radius 1 is 1.25 bits per heavy atom. The Morgan fingerprint density at radius 3 is 2.81 bits per heavy atom. The van der Waals surface area contributed by atoms with Crippen molar-refractivity contribution in [3.8, 4) is 23.0 Å². The molecule has 5 heteroatoms. The Balaban J connectivity index is 2.03. The summed E-state index contributed by atoms with van der Waals surface area (Å²) >= 11 is 0. The minimum atomic E-state index is 0.0174. The third-order valence-corrected chi connectivity index (χ3v) is 2.59. The fraction of sp³-hybridized carbons (Fsp3) is 0.273. The molecular weight excluding hydrogens is 208 g/mol. The van der Waals surface area contributed by atoms with Crippen LogP contribution in [0.1, 0.15) is 24.6 Å². The molecule has 82 valence electrons. The van der Waals surface area contributed by atoms with Gasteiger partial charge in [0.25, 0.3) is 5.89 Å². The molecule has 1 aliphatic carbocycles. The second-order valence-electron chi connectivity index (χ2n) is 3.93. The number of phenols is 2. The van der Waals surface area contributed by atoms with Crippen molar-refractivity contribution in [2.75, 3.05) is 0 Å². The van der Waals surface area contributed by atoms with E-state index in [0.717, 1.165) is 12.8 Å². The van der Waals surface area contributed by atoms with Crippen LogP contribution >= 0.6 is 0 Å². The molecule has 0 atom stereocenters. The van der Waals surface area contributed by atoms with Crippen molar-refractivity contribution in [2.45, 2.75) is 18.8 Å². The first-order valence-electron chi connectivity index (χ1n) is 5.10. The minimum absolute atomic E-state index is 0.0174. The van der Waals surface area contributed by atoms with Gasteiger partial charge < -0.3 is 14.7 Å². The third-order valence-electron chi connectivity index (χ3n) is 2.59. The predicted molar refractivity (Wildman–Crippen MR) is 55.0 cm³/mol. The molecule has 1 aromatic carbocycles. The Kier molecular flexibility index (Phi) is 1.86. The predicted octanol–water partition coefficient (Wildman–Crippen LogP) is 2.03. The molecule has 1 saturated carbocycles. The van der Waals surface area contributed by atoms with Crippen molar-refractivity contribution in [1.29, 1.82) is 0 Å². The lowest BCUT2D eigenvalue weighted by Gasteiger charge is -1.99.